The van der Waals surface area contributed by atoms with Crippen LogP contribution in [0.1, 0.15) is 45.4 Å². The minimum absolute atomic E-state index is 0.179. The van der Waals surface area contributed by atoms with Crippen molar-refractivity contribution in [3.05, 3.63) is 0 Å². The first kappa shape index (κ1) is 12.4. The monoisotopic (exact) mass is 187 g/mol. The van der Waals surface area contributed by atoms with Gasteiger partial charge in [0.2, 0.25) is 0 Å². The first-order chi connectivity index (χ1) is 6.31. The molecule has 78 valence electrons. The van der Waals surface area contributed by atoms with E-state index in [2.05, 4.69) is 11.9 Å². The molecule has 0 aromatic carbocycles. The average Bonchev–Trinajstić information content (AvgIpc) is 2.14. The molecule has 0 amide bonds. The first-order valence-corrected chi connectivity index (χ1v) is 4.98. The number of hydroxylamine groups is 1. The quantitative estimate of drug-likeness (QED) is 0.234. The number of nitrogens with one attached hydrogen (secondary N) is 1. The molecule has 13 heavy (non-hydrogen) atoms. The minimum atomic E-state index is -0.179. The number of nitrogens with two attached hydrogens (primary N) is 1. The Balaban J connectivity index is 3.16. The Hall–Kier alpha value is -0.610. The number of nitrogens with zero attached hydrogens (tertiary/aromatic N) is 1. The van der Waals surface area contributed by atoms with Gasteiger partial charge in [-0.05, 0) is 12.8 Å². The Morgan fingerprint density at radius 1 is 1.38 bits per heavy atom. The molecule has 0 aliphatic heterocycles. The fourth-order valence-corrected chi connectivity index (χ4v) is 1.16. The zero-order valence-electron chi connectivity index (χ0n) is 8.37. The van der Waals surface area contributed by atoms with Crippen molar-refractivity contribution in [2.24, 2.45) is 10.7 Å². The Morgan fingerprint density at radius 3 is 2.69 bits per heavy atom. The van der Waals surface area contributed by atoms with Crippen molar-refractivity contribution in [2.75, 3.05) is 0 Å². The van der Waals surface area contributed by atoms with E-state index in [1.165, 1.54) is 32.0 Å². The average molecular weight is 187 g/mol. The van der Waals surface area contributed by atoms with E-state index in [0.29, 0.717) is 0 Å². The van der Waals surface area contributed by atoms with E-state index in [0.717, 1.165) is 12.8 Å². The summed E-state index contributed by atoms with van der Waals surface area (Å²) < 4.78 is 0. The largest absolute Gasteiger partial charge is 0.310 e. The number of unbranched alkanes of at least 4 members (excludes halogenated alkanes) is 4. The zero-order chi connectivity index (χ0) is 9.94. The van der Waals surface area contributed by atoms with Gasteiger partial charge in [0.25, 0.3) is 0 Å². The van der Waals surface area contributed by atoms with Crippen LogP contribution in [0.25, 0.3) is 0 Å². The van der Waals surface area contributed by atoms with E-state index in [1.54, 1.807) is 0 Å². The Labute approximate surface area is 80.2 Å². The van der Waals surface area contributed by atoms with Gasteiger partial charge in [0.1, 0.15) is 6.34 Å². The lowest BCUT2D eigenvalue weighted by Crippen LogP contribution is -2.19. The highest BCUT2D eigenvalue weighted by molar-refractivity contribution is 5.52. The lowest BCUT2D eigenvalue weighted by molar-refractivity contribution is 0.239. The Morgan fingerprint density at radius 2 is 2.08 bits per heavy atom. The Bertz CT molecular complexity index is 128. The molecule has 0 rings (SSSR count). The summed E-state index contributed by atoms with van der Waals surface area (Å²) in [5.74, 6) is 0. The van der Waals surface area contributed by atoms with E-state index < -0.39 is 0 Å². The second kappa shape index (κ2) is 9.48. The molecule has 0 aromatic rings. The van der Waals surface area contributed by atoms with Crippen LogP contribution in [0.2, 0.25) is 0 Å². The van der Waals surface area contributed by atoms with Crippen LogP contribution in [0.3, 0.4) is 0 Å². The highest BCUT2D eigenvalue weighted by atomic mass is 16.5. The summed E-state index contributed by atoms with van der Waals surface area (Å²) in [5, 5.41) is 8.20. The van der Waals surface area contributed by atoms with Gasteiger partial charge in [-0.2, -0.15) is 0 Å². The second-order valence-corrected chi connectivity index (χ2v) is 3.18. The van der Waals surface area contributed by atoms with Crippen molar-refractivity contribution < 1.29 is 5.21 Å². The third kappa shape index (κ3) is 9.30. The fourth-order valence-electron chi connectivity index (χ4n) is 1.16. The molecule has 0 fully saturated rings. The standard InChI is InChI=1S/C9H21N3O/c1-2-3-4-5-6-7-9(10)11-8-12-13/h8-9,13H,2-7,10H2,1H3,(H,11,12). The van der Waals surface area contributed by atoms with Crippen LogP contribution >= 0.6 is 0 Å². The number of rotatable bonds is 8. The SMILES string of the molecule is CCCCCCCC(N)N=CNO. The van der Waals surface area contributed by atoms with Crippen LogP contribution in [0, 0.1) is 0 Å². The number of hydrogen-bond acceptors (Lipinski definition) is 3. The highest BCUT2D eigenvalue weighted by Crippen LogP contribution is 2.06. The molecule has 1 unspecified atom stereocenters. The third-order valence-electron chi connectivity index (χ3n) is 1.93. The fraction of sp³-hybridized carbons (Fsp3) is 0.889. The molecule has 4 nitrogen and oxygen atoms in total. The molecule has 0 aromatic heterocycles. The molecule has 0 heterocycles. The van der Waals surface area contributed by atoms with Crippen molar-refractivity contribution in [1.82, 2.24) is 5.48 Å². The van der Waals surface area contributed by atoms with Crippen LogP contribution in [-0.4, -0.2) is 17.7 Å². The van der Waals surface area contributed by atoms with Crippen LogP contribution in [-0.2, 0) is 0 Å². The molecule has 0 saturated carbocycles. The summed E-state index contributed by atoms with van der Waals surface area (Å²) in [7, 11) is 0. The maximum absolute atomic E-state index is 8.20. The summed E-state index contributed by atoms with van der Waals surface area (Å²) in [6.45, 7) is 2.20. The van der Waals surface area contributed by atoms with Gasteiger partial charge in [0.05, 0.1) is 6.17 Å². The summed E-state index contributed by atoms with van der Waals surface area (Å²) >= 11 is 0. The van der Waals surface area contributed by atoms with Gasteiger partial charge in [-0.15, -0.1) is 0 Å². The number of aliphatic imine (C=N–C) groups is 1. The summed E-state index contributed by atoms with van der Waals surface area (Å²) in [6, 6.07) is 0. The molecular weight excluding hydrogens is 166 g/mol. The van der Waals surface area contributed by atoms with E-state index in [-0.39, 0.29) is 6.17 Å². The molecule has 0 spiro atoms. The van der Waals surface area contributed by atoms with Gasteiger partial charge in [0.15, 0.2) is 0 Å². The summed E-state index contributed by atoms with van der Waals surface area (Å²) in [6.07, 6.45) is 8.12. The Kier molecular flexibility index (Phi) is 9.03. The normalized spacial score (nSPS) is 13.5. The van der Waals surface area contributed by atoms with Crippen molar-refractivity contribution in [3.63, 3.8) is 0 Å². The second-order valence-electron chi connectivity index (χ2n) is 3.18. The molecule has 0 aliphatic rings. The van der Waals surface area contributed by atoms with Crippen LogP contribution < -0.4 is 11.2 Å². The van der Waals surface area contributed by atoms with Crippen molar-refractivity contribution in [2.45, 2.75) is 51.6 Å². The van der Waals surface area contributed by atoms with E-state index in [9.17, 15) is 0 Å². The zero-order valence-corrected chi connectivity index (χ0v) is 8.37. The van der Waals surface area contributed by atoms with Gasteiger partial charge in [0, 0.05) is 0 Å². The summed E-state index contributed by atoms with van der Waals surface area (Å²) in [4.78, 5) is 3.85. The van der Waals surface area contributed by atoms with Crippen molar-refractivity contribution in [3.8, 4) is 0 Å². The first-order valence-electron chi connectivity index (χ1n) is 4.98. The topological polar surface area (TPSA) is 70.6 Å². The molecule has 4 heteroatoms. The third-order valence-corrected chi connectivity index (χ3v) is 1.93. The maximum atomic E-state index is 8.20. The van der Waals surface area contributed by atoms with Gasteiger partial charge < -0.3 is 5.73 Å². The van der Waals surface area contributed by atoms with E-state index in [1.807, 2.05) is 5.48 Å². The van der Waals surface area contributed by atoms with E-state index >= 15 is 0 Å². The van der Waals surface area contributed by atoms with Crippen molar-refractivity contribution >= 4 is 6.34 Å². The maximum Gasteiger partial charge on any atom is 0.109 e. The smallest absolute Gasteiger partial charge is 0.109 e. The van der Waals surface area contributed by atoms with Gasteiger partial charge >= 0.3 is 0 Å². The minimum Gasteiger partial charge on any atom is -0.310 e. The van der Waals surface area contributed by atoms with Crippen LogP contribution in [0.15, 0.2) is 4.99 Å². The van der Waals surface area contributed by atoms with Gasteiger partial charge in [-0.3, -0.25) is 15.7 Å². The van der Waals surface area contributed by atoms with Crippen molar-refractivity contribution in [1.29, 1.82) is 0 Å². The molecule has 0 radical (unpaired) electrons. The van der Waals surface area contributed by atoms with E-state index in [4.69, 9.17) is 10.9 Å². The molecule has 1 atom stereocenters. The number of hydrogen-bond donors (Lipinski definition) is 3. The highest BCUT2D eigenvalue weighted by Gasteiger charge is 1.97. The van der Waals surface area contributed by atoms with Crippen LogP contribution in [0.4, 0.5) is 0 Å². The molecule has 4 N–H and O–H groups in total. The lowest BCUT2D eigenvalue weighted by atomic mass is 10.1. The van der Waals surface area contributed by atoms with Gasteiger partial charge in [-0.1, -0.05) is 32.6 Å². The molecular formula is C9H21N3O. The summed E-state index contributed by atoms with van der Waals surface area (Å²) in [5.41, 5.74) is 7.46. The molecule has 0 bridgehead atoms. The predicted octanol–water partition coefficient (Wildman–Crippen LogP) is 1.64. The lowest BCUT2D eigenvalue weighted by Gasteiger charge is -2.04. The molecule has 0 aliphatic carbocycles. The molecule has 0 saturated heterocycles. The van der Waals surface area contributed by atoms with Gasteiger partial charge in [-0.25, -0.2) is 0 Å². The predicted molar refractivity (Wildman–Crippen MR) is 54.8 cm³/mol. The van der Waals surface area contributed by atoms with Crippen LogP contribution in [0.5, 0.6) is 0 Å².